The fourth-order valence-corrected chi connectivity index (χ4v) is 7.93. The van der Waals surface area contributed by atoms with Gasteiger partial charge in [0.05, 0.1) is 19.8 Å². The lowest BCUT2D eigenvalue weighted by molar-refractivity contribution is -0.332. The molecule has 0 aromatic rings. The maximum atomic E-state index is 13.0. The molecule has 0 aliphatic carbocycles. The van der Waals surface area contributed by atoms with E-state index in [0.717, 1.165) is 38.5 Å². The average Bonchev–Trinajstić information content (AvgIpc) is 3.33. The third-order valence-corrected chi connectivity index (χ3v) is 12.3. The second kappa shape index (κ2) is 40.1. The quantitative estimate of drug-likeness (QED) is 0.0179. The Bertz CT molecular complexity index is 1370. The summed E-state index contributed by atoms with van der Waals surface area (Å²) in [6.45, 7) is 2.50. The number of allylic oxidation sites excluding steroid dienone is 8. The van der Waals surface area contributed by atoms with Gasteiger partial charge < -0.3 is 64.2 Å². The van der Waals surface area contributed by atoms with Gasteiger partial charge in [-0.2, -0.15) is 0 Å². The normalized spacial score (nSPS) is 26.1. The van der Waals surface area contributed by atoms with Crippen LogP contribution in [0.5, 0.6) is 0 Å². The summed E-state index contributed by atoms with van der Waals surface area (Å²) >= 11 is 0. The van der Waals surface area contributed by atoms with Crippen LogP contribution in [0.1, 0.15) is 181 Å². The summed E-state index contributed by atoms with van der Waals surface area (Å²) < 4.78 is 33.5. The number of carbonyl (C=O) groups is 2. The minimum absolute atomic E-state index is 0.113. The van der Waals surface area contributed by atoms with Crippen LogP contribution in [0.4, 0.5) is 0 Å². The maximum Gasteiger partial charge on any atom is 0.306 e. The van der Waals surface area contributed by atoms with Crippen LogP contribution in [0, 0.1) is 0 Å². The van der Waals surface area contributed by atoms with Gasteiger partial charge in [-0.25, -0.2) is 0 Å². The minimum atomic E-state index is -1.78. The van der Waals surface area contributed by atoms with Gasteiger partial charge in [-0.1, -0.05) is 146 Å². The Morgan fingerprint density at radius 2 is 0.897 bits per heavy atom. The predicted molar refractivity (Wildman–Crippen MR) is 261 cm³/mol. The molecule has 0 amide bonds. The number of aliphatic hydroxyl groups is 7. The van der Waals surface area contributed by atoms with Gasteiger partial charge >= 0.3 is 11.9 Å². The zero-order valence-corrected chi connectivity index (χ0v) is 41.6. The SMILES string of the molecule is CCCCCCCC/C=C/C/C=C/CCCCC(=O)O[C@@H](COC(=O)CCC/C=C/C/C=C/CCCCCCCCCCC)CO[C@@H]1O[C@H](CO[C@@H]2O[C@H](CO)[C@H](O)C(O)C2O)[C@H](O)C(O)C1O. The molecule has 0 spiro atoms. The van der Waals surface area contributed by atoms with Crippen LogP contribution < -0.4 is 0 Å². The zero-order chi connectivity index (χ0) is 49.6. The van der Waals surface area contributed by atoms with E-state index in [2.05, 4.69) is 56.4 Å². The summed E-state index contributed by atoms with van der Waals surface area (Å²) in [6.07, 6.45) is 27.2. The highest BCUT2D eigenvalue weighted by molar-refractivity contribution is 5.70. The first-order valence-corrected chi connectivity index (χ1v) is 26.2. The first kappa shape index (κ1) is 61.6. The smallest absolute Gasteiger partial charge is 0.306 e. The molecule has 2 rings (SSSR count). The highest BCUT2D eigenvalue weighted by atomic mass is 16.7. The summed E-state index contributed by atoms with van der Waals surface area (Å²) in [6, 6.07) is 0. The Morgan fingerprint density at radius 3 is 1.41 bits per heavy atom. The topological polar surface area (TPSA) is 231 Å². The van der Waals surface area contributed by atoms with Gasteiger partial charge in [0.2, 0.25) is 0 Å². The van der Waals surface area contributed by atoms with Gasteiger partial charge in [0.25, 0.3) is 0 Å². The zero-order valence-electron chi connectivity index (χ0n) is 41.6. The first-order chi connectivity index (χ1) is 33.0. The Balaban J connectivity index is 1.84. The molecule has 15 nitrogen and oxygen atoms in total. The van der Waals surface area contributed by atoms with Crippen LogP contribution in [0.15, 0.2) is 48.6 Å². The molecule has 11 atom stereocenters. The molecular formula is C53H92O15. The van der Waals surface area contributed by atoms with Crippen LogP contribution in [0.25, 0.3) is 0 Å². The second-order valence-corrected chi connectivity index (χ2v) is 18.3. The van der Waals surface area contributed by atoms with E-state index in [-0.39, 0.29) is 19.4 Å². The molecule has 0 bridgehead atoms. The fourth-order valence-electron chi connectivity index (χ4n) is 7.93. The molecule has 0 saturated carbocycles. The molecule has 2 saturated heterocycles. The molecule has 0 aromatic heterocycles. The Morgan fingerprint density at radius 1 is 0.471 bits per heavy atom. The largest absolute Gasteiger partial charge is 0.462 e. The van der Waals surface area contributed by atoms with E-state index in [4.69, 9.17) is 28.4 Å². The number of unbranched alkanes of at least 4 members (excludes halogenated alkanes) is 18. The molecule has 15 heteroatoms. The number of aliphatic hydroxyl groups excluding tert-OH is 7. The predicted octanol–water partition coefficient (Wildman–Crippen LogP) is 7.49. The van der Waals surface area contributed by atoms with E-state index in [1.54, 1.807) is 0 Å². The van der Waals surface area contributed by atoms with Gasteiger partial charge in [0, 0.05) is 12.8 Å². The number of esters is 2. The van der Waals surface area contributed by atoms with E-state index in [9.17, 15) is 45.3 Å². The number of carbonyl (C=O) groups excluding carboxylic acids is 2. The van der Waals surface area contributed by atoms with Crippen molar-refractivity contribution in [3.8, 4) is 0 Å². The van der Waals surface area contributed by atoms with Crippen molar-refractivity contribution in [1.29, 1.82) is 0 Å². The van der Waals surface area contributed by atoms with Crippen molar-refractivity contribution in [2.75, 3.05) is 26.4 Å². The summed E-state index contributed by atoms with van der Waals surface area (Å²) in [5, 5.41) is 72.1. The molecule has 2 heterocycles. The minimum Gasteiger partial charge on any atom is -0.462 e. The van der Waals surface area contributed by atoms with E-state index in [1.807, 2.05) is 6.08 Å². The average molecular weight is 969 g/mol. The van der Waals surface area contributed by atoms with Crippen molar-refractivity contribution in [2.45, 2.75) is 248 Å². The van der Waals surface area contributed by atoms with Crippen molar-refractivity contribution in [3.05, 3.63) is 48.6 Å². The fraction of sp³-hybridized carbons (Fsp3) is 0.811. The Labute approximate surface area is 408 Å². The summed E-state index contributed by atoms with van der Waals surface area (Å²) in [5.74, 6) is -1.02. The standard InChI is InChI=1S/C53H92O15/c1-3-5-7-9-11-13-15-17-19-20-22-23-25-27-29-31-33-35-44(55)63-38-41(66-45(56)36-34-32-30-28-26-24-21-18-16-14-12-10-8-6-4-2)39-64-52-51(62)49(60)47(58)43(68-52)40-65-53-50(61)48(59)46(57)42(37-54)67-53/h18,21-23,26-29,41-43,46-54,57-62H,3-17,19-20,24-25,30-40H2,1-2H3/b21-18+,23-22+,28-26+,29-27+/t41-,42+,43+,46-,47-,48?,49?,50?,51?,52+,53+/m0/s1. The van der Waals surface area contributed by atoms with Crippen molar-refractivity contribution >= 4 is 11.9 Å². The Kier molecular flexibility index (Phi) is 36.3. The summed E-state index contributed by atoms with van der Waals surface area (Å²) in [5.41, 5.74) is 0. The van der Waals surface area contributed by atoms with Gasteiger partial charge in [-0.3, -0.25) is 9.59 Å². The van der Waals surface area contributed by atoms with Crippen LogP contribution in [-0.4, -0.2) is 142 Å². The third-order valence-electron chi connectivity index (χ3n) is 12.3. The molecule has 7 N–H and O–H groups in total. The molecule has 0 radical (unpaired) electrons. The van der Waals surface area contributed by atoms with Gasteiger partial charge in [0.1, 0.15) is 55.4 Å². The third kappa shape index (κ3) is 27.7. The maximum absolute atomic E-state index is 13.0. The van der Waals surface area contributed by atoms with E-state index in [1.165, 1.54) is 96.3 Å². The lowest BCUT2D eigenvalue weighted by Gasteiger charge is -2.42. The number of hydrogen-bond donors (Lipinski definition) is 7. The van der Waals surface area contributed by atoms with E-state index < -0.39 is 99.3 Å². The van der Waals surface area contributed by atoms with Gasteiger partial charge in [0.15, 0.2) is 18.7 Å². The van der Waals surface area contributed by atoms with Crippen molar-refractivity contribution in [2.24, 2.45) is 0 Å². The van der Waals surface area contributed by atoms with E-state index >= 15 is 0 Å². The lowest BCUT2D eigenvalue weighted by atomic mass is 9.98. The molecular weight excluding hydrogens is 877 g/mol. The Hall–Kier alpha value is -2.54. The molecule has 2 fully saturated rings. The molecule has 394 valence electrons. The number of ether oxygens (including phenoxy) is 6. The first-order valence-electron chi connectivity index (χ1n) is 26.2. The van der Waals surface area contributed by atoms with E-state index in [0.29, 0.717) is 19.3 Å². The van der Waals surface area contributed by atoms with Crippen molar-refractivity contribution in [3.63, 3.8) is 0 Å². The molecule has 0 aromatic carbocycles. The molecule has 2 aliphatic heterocycles. The molecule has 4 unspecified atom stereocenters. The molecule has 68 heavy (non-hydrogen) atoms. The van der Waals surface area contributed by atoms with Crippen LogP contribution in [-0.2, 0) is 38.0 Å². The van der Waals surface area contributed by atoms with Gasteiger partial charge in [-0.05, 0) is 70.6 Å². The van der Waals surface area contributed by atoms with Crippen molar-refractivity contribution < 1.29 is 73.8 Å². The number of rotatable bonds is 40. The summed E-state index contributed by atoms with van der Waals surface area (Å²) in [4.78, 5) is 25.7. The lowest BCUT2D eigenvalue weighted by Crippen LogP contribution is -2.61. The highest BCUT2D eigenvalue weighted by Crippen LogP contribution is 2.26. The second-order valence-electron chi connectivity index (χ2n) is 18.3. The monoisotopic (exact) mass is 969 g/mol. The highest BCUT2D eigenvalue weighted by Gasteiger charge is 2.47. The van der Waals surface area contributed by atoms with Gasteiger partial charge in [-0.15, -0.1) is 0 Å². The van der Waals surface area contributed by atoms with Crippen LogP contribution in [0.3, 0.4) is 0 Å². The van der Waals surface area contributed by atoms with Crippen LogP contribution >= 0.6 is 0 Å². The molecule has 2 aliphatic rings. The number of hydrogen-bond acceptors (Lipinski definition) is 15. The van der Waals surface area contributed by atoms with Crippen molar-refractivity contribution in [1.82, 2.24) is 0 Å². The van der Waals surface area contributed by atoms with Crippen LogP contribution in [0.2, 0.25) is 0 Å². The summed E-state index contributed by atoms with van der Waals surface area (Å²) in [7, 11) is 0.